The van der Waals surface area contributed by atoms with Gasteiger partial charge in [0.2, 0.25) is 0 Å². The van der Waals surface area contributed by atoms with E-state index in [1.54, 1.807) is 12.4 Å². The van der Waals surface area contributed by atoms with Gasteiger partial charge in [0.05, 0.1) is 18.3 Å². The Balaban J connectivity index is 1.44. The molecule has 1 saturated heterocycles. The van der Waals surface area contributed by atoms with E-state index in [9.17, 15) is 0 Å². The molecular weight excluding hydrogens is 302 g/mol. The second-order valence-electron chi connectivity index (χ2n) is 5.87. The van der Waals surface area contributed by atoms with Crippen molar-refractivity contribution >= 4 is 22.5 Å². The van der Waals surface area contributed by atoms with Gasteiger partial charge in [0.25, 0.3) is 0 Å². The molecule has 24 heavy (non-hydrogen) atoms. The lowest BCUT2D eigenvalue weighted by Crippen LogP contribution is -2.46. The molecule has 4 rings (SSSR count). The van der Waals surface area contributed by atoms with Crippen LogP contribution in [0.1, 0.15) is 5.82 Å². The van der Waals surface area contributed by atoms with Gasteiger partial charge >= 0.3 is 0 Å². The second kappa shape index (κ2) is 6.37. The summed E-state index contributed by atoms with van der Waals surface area (Å²) >= 11 is 0. The maximum absolute atomic E-state index is 6.07. The number of hydrogen-bond donors (Lipinski definition) is 1. The number of fused-ring (bicyclic) bond motifs is 1. The fourth-order valence-electron chi connectivity index (χ4n) is 3.01. The first kappa shape index (κ1) is 14.8. The van der Waals surface area contributed by atoms with E-state index in [2.05, 4.69) is 29.7 Å². The molecule has 1 fully saturated rings. The Bertz CT molecular complexity index is 829. The van der Waals surface area contributed by atoms with Crippen LogP contribution < -0.4 is 10.6 Å². The van der Waals surface area contributed by atoms with E-state index >= 15 is 0 Å². The third-order valence-electron chi connectivity index (χ3n) is 4.29. The number of nitrogen functional groups attached to an aromatic ring is 1. The minimum absolute atomic E-state index is 0.550. The normalized spacial score (nSPS) is 15.8. The van der Waals surface area contributed by atoms with Crippen molar-refractivity contribution in [1.29, 1.82) is 0 Å². The number of benzene rings is 1. The molecule has 7 nitrogen and oxygen atoms in total. The van der Waals surface area contributed by atoms with Gasteiger partial charge in [-0.1, -0.05) is 12.1 Å². The quantitative estimate of drug-likeness (QED) is 0.779. The molecular formula is C17H19N7. The van der Waals surface area contributed by atoms with Gasteiger partial charge in [-0.25, -0.2) is 15.0 Å². The van der Waals surface area contributed by atoms with Crippen LogP contribution >= 0.6 is 0 Å². The van der Waals surface area contributed by atoms with Crippen molar-refractivity contribution in [2.45, 2.75) is 6.54 Å². The fraction of sp³-hybridized carbons (Fsp3) is 0.294. The minimum atomic E-state index is 0.550. The van der Waals surface area contributed by atoms with Crippen LogP contribution in [0.25, 0.3) is 10.9 Å². The number of hydrogen-bond acceptors (Lipinski definition) is 7. The monoisotopic (exact) mass is 321 g/mol. The summed E-state index contributed by atoms with van der Waals surface area (Å²) in [5.41, 5.74) is 6.97. The van der Waals surface area contributed by atoms with E-state index in [1.165, 1.54) is 0 Å². The molecule has 0 aliphatic carbocycles. The first-order chi connectivity index (χ1) is 11.8. The number of para-hydroxylation sites is 1. The molecule has 0 unspecified atom stereocenters. The predicted octanol–water partition coefficient (Wildman–Crippen LogP) is 1.32. The summed E-state index contributed by atoms with van der Waals surface area (Å²) in [6, 6.07) is 7.85. The largest absolute Gasteiger partial charge is 0.383 e. The SMILES string of the molecule is Nc1nc(CN2CCN(c3cnccn3)CC2)nc2ccccc12. The number of piperazine rings is 1. The summed E-state index contributed by atoms with van der Waals surface area (Å²) in [5.74, 6) is 2.26. The lowest BCUT2D eigenvalue weighted by atomic mass is 10.2. The predicted molar refractivity (Wildman–Crippen MR) is 93.5 cm³/mol. The average molecular weight is 321 g/mol. The van der Waals surface area contributed by atoms with Gasteiger partial charge in [-0.05, 0) is 12.1 Å². The zero-order valence-electron chi connectivity index (χ0n) is 13.3. The summed E-state index contributed by atoms with van der Waals surface area (Å²) < 4.78 is 0. The fourth-order valence-corrected chi connectivity index (χ4v) is 3.01. The molecule has 0 spiro atoms. The van der Waals surface area contributed by atoms with Gasteiger partial charge in [0, 0.05) is 44.0 Å². The molecule has 1 aromatic carbocycles. The third kappa shape index (κ3) is 2.98. The lowest BCUT2D eigenvalue weighted by Gasteiger charge is -2.34. The van der Waals surface area contributed by atoms with Gasteiger partial charge in [-0.15, -0.1) is 0 Å². The van der Waals surface area contributed by atoms with Crippen molar-refractivity contribution in [3.8, 4) is 0 Å². The van der Waals surface area contributed by atoms with Crippen LogP contribution in [0.4, 0.5) is 11.6 Å². The molecule has 122 valence electrons. The van der Waals surface area contributed by atoms with Crippen LogP contribution in [0.5, 0.6) is 0 Å². The van der Waals surface area contributed by atoms with Crippen LogP contribution in [0.2, 0.25) is 0 Å². The second-order valence-corrected chi connectivity index (χ2v) is 5.87. The van der Waals surface area contributed by atoms with E-state index < -0.39 is 0 Å². The highest BCUT2D eigenvalue weighted by Gasteiger charge is 2.19. The van der Waals surface area contributed by atoms with Gasteiger partial charge in [0.1, 0.15) is 17.5 Å². The topological polar surface area (TPSA) is 84.1 Å². The lowest BCUT2D eigenvalue weighted by molar-refractivity contribution is 0.244. The van der Waals surface area contributed by atoms with E-state index in [1.807, 2.05) is 30.5 Å². The molecule has 0 radical (unpaired) electrons. The number of rotatable bonds is 3. The van der Waals surface area contributed by atoms with Crippen molar-refractivity contribution in [3.63, 3.8) is 0 Å². The Kier molecular flexibility index (Phi) is 3.92. The molecule has 2 N–H and O–H groups in total. The van der Waals surface area contributed by atoms with E-state index in [4.69, 9.17) is 5.73 Å². The molecule has 7 heteroatoms. The maximum Gasteiger partial charge on any atom is 0.147 e. The van der Waals surface area contributed by atoms with Crippen molar-refractivity contribution in [1.82, 2.24) is 24.8 Å². The highest BCUT2D eigenvalue weighted by Crippen LogP contribution is 2.18. The van der Waals surface area contributed by atoms with E-state index in [0.717, 1.165) is 48.7 Å². The smallest absolute Gasteiger partial charge is 0.147 e. The third-order valence-corrected chi connectivity index (χ3v) is 4.29. The van der Waals surface area contributed by atoms with Crippen molar-refractivity contribution < 1.29 is 0 Å². The zero-order valence-corrected chi connectivity index (χ0v) is 13.3. The molecule has 0 bridgehead atoms. The standard InChI is InChI=1S/C17H19N7/c18-17-13-3-1-2-4-14(13)21-15(22-17)12-23-7-9-24(10-8-23)16-11-19-5-6-20-16/h1-6,11H,7-10,12H2,(H2,18,21,22). The van der Waals surface area contributed by atoms with E-state index in [-0.39, 0.29) is 0 Å². The summed E-state index contributed by atoms with van der Waals surface area (Å²) in [5, 5.41) is 0.911. The summed E-state index contributed by atoms with van der Waals surface area (Å²) in [4.78, 5) is 22.2. The Morgan fingerprint density at radius 1 is 1.00 bits per heavy atom. The van der Waals surface area contributed by atoms with Crippen LogP contribution in [0.3, 0.4) is 0 Å². The first-order valence-electron chi connectivity index (χ1n) is 8.04. The average Bonchev–Trinajstić information content (AvgIpc) is 2.63. The minimum Gasteiger partial charge on any atom is -0.383 e. The van der Waals surface area contributed by atoms with Gasteiger partial charge in [-0.2, -0.15) is 0 Å². The Morgan fingerprint density at radius 3 is 2.62 bits per heavy atom. The highest BCUT2D eigenvalue weighted by molar-refractivity contribution is 5.87. The number of nitrogens with two attached hydrogens (primary N) is 1. The number of aromatic nitrogens is 4. The summed E-state index contributed by atoms with van der Waals surface area (Å²) in [6.07, 6.45) is 5.23. The van der Waals surface area contributed by atoms with Crippen molar-refractivity contribution in [2.24, 2.45) is 0 Å². The zero-order chi connectivity index (χ0) is 16.4. The summed E-state index contributed by atoms with van der Waals surface area (Å²) in [6.45, 7) is 4.42. The Labute approximate surface area is 140 Å². The van der Waals surface area contributed by atoms with E-state index in [0.29, 0.717) is 12.4 Å². The van der Waals surface area contributed by atoms with Crippen LogP contribution in [0, 0.1) is 0 Å². The molecule has 1 aliphatic rings. The van der Waals surface area contributed by atoms with Crippen LogP contribution in [-0.2, 0) is 6.54 Å². The van der Waals surface area contributed by atoms with Gasteiger partial charge in [-0.3, -0.25) is 9.88 Å². The maximum atomic E-state index is 6.07. The molecule has 0 amide bonds. The van der Waals surface area contributed by atoms with Crippen LogP contribution in [-0.4, -0.2) is 51.0 Å². The van der Waals surface area contributed by atoms with Crippen LogP contribution in [0.15, 0.2) is 42.9 Å². The molecule has 0 saturated carbocycles. The van der Waals surface area contributed by atoms with Crippen molar-refractivity contribution in [2.75, 3.05) is 36.8 Å². The number of nitrogens with zero attached hydrogens (tertiary/aromatic N) is 6. The number of anilines is 2. The molecule has 1 aliphatic heterocycles. The van der Waals surface area contributed by atoms with Gasteiger partial charge in [0.15, 0.2) is 0 Å². The molecule has 0 atom stereocenters. The molecule has 3 aromatic rings. The Hall–Kier alpha value is -2.80. The van der Waals surface area contributed by atoms with Crippen molar-refractivity contribution in [3.05, 3.63) is 48.7 Å². The molecule has 2 aromatic heterocycles. The van der Waals surface area contributed by atoms with Gasteiger partial charge < -0.3 is 10.6 Å². The summed E-state index contributed by atoms with van der Waals surface area (Å²) in [7, 11) is 0. The Morgan fingerprint density at radius 2 is 1.83 bits per heavy atom. The first-order valence-corrected chi connectivity index (χ1v) is 8.04. The highest BCUT2D eigenvalue weighted by atomic mass is 15.3. The molecule has 3 heterocycles.